The number of aliphatic imine (C=N–C) groups is 1. The molecule has 2 aromatic rings. The number of aromatic nitrogens is 1. The van der Waals surface area contributed by atoms with Gasteiger partial charge in [-0.2, -0.15) is 0 Å². The maximum absolute atomic E-state index is 4.55. The second-order valence-corrected chi connectivity index (χ2v) is 7.10. The van der Waals surface area contributed by atoms with Crippen LogP contribution in [0.1, 0.15) is 31.2 Å². The molecule has 24 heavy (non-hydrogen) atoms. The highest BCUT2D eigenvalue weighted by Gasteiger charge is 2.35. The average molecular weight is 322 g/mol. The molecule has 2 heterocycles. The van der Waals surface area contributed by atoms with Gasteiger partial charge in [0.1, 0.15) is 0 Å². The number of hydrogen-bond donors (Lipinski definition) is 1. The van der Waals surface area contributed by atoms with E-state index in [2.05, 4.69) is 44.5 Å². The molecule has 0 radical (unpaired) electrons. The molecular formula is C20H26N4. The van der Waals surface area contributed by atoms with E-state index in [-0.39, 0.29) is 0 Å². The van der Waals surface area contributed by atoms with Crippen LogP contribution in [0.5, 0.6) is 0 Å². The van der Waals surface area contributed by atoms with Gasteiger partial charge in [-0.1, -0.05) is 37.1 Å². The van der Waals surface area contributed by atoms with E-state index in [0.29, 0.717) is 0 Å². The Balaban J connectivity index is 1.46. The maximum atomic E-state index is 4.55. The number of guanidine groups is 1. The van der Waals surface area contributed by atoms with E-state index >= 15 is 0 Å². The number of rotatable bonds is 2. The van der Waals surface area contributed by atoms with Crippen molar-refractivity contribution in [2.75, 3.05) is 20.1 Å². The summed E-state index contributed by atoms with van der Waals surface area (Å²) >= 11 is 0. The topological polar surface area (TPSA) is 40.5 Å². The van der Waals surface area contributed by atoms with E-state index < -0.39 is 0 Å². The van der Waals surface area contributed by atoms with Crippen molar-refractivity contribution in [1.29, 1.82) is 0 Å². The Morgan fingerprint density at radius 2 is 1.92 bits per heavy atom. The lowest BCUT2D eigenvalue weighted by atomic mass is 9.82. The first-order valence-electron chi connectivity index (χ1n) is 9.13. The Morgan fingerprint density at radius 3 is 2.67 bits per heavy atom. The van der Waals surface area contributed by atoms with E-state index in [9.17, 15) is 0 Å². The number of nitrogens with one attached hydrogen (secondary N) is 1. The minimum atomic E-state index is 0.771. The van der Waals surface area contributed by atoms with Gasteiger partial charge in [0.15, 0.2) is 5.96 Å². The van der Waals surface area contributed by atoms with Crippen LogP contribution in [0.4, 0.5) is 0 Å². The Labute approximate surface area is 144 Å². The summed E-state index contributed by atoms with van der Waals surface area (Å²) in [4.78, 5) is 11.5. The standard InChI is InChI=1S/C20H26N4/c1-21-20(24-13-17-6-2-3-7-18(17)14-24)23-12-16-9-4-8-15-10-5-11-22-19(15)16/h4-5,8-11,17-18H,2-3,6-7,12-14H2,1H3,(H,21,23). The van der Waals surface area contributed by atoms with E-state index in [1.165, 1.54) is 36.6 Å². The average Bonchev–Trinajstić information content (AvgIpc) is 3.06. The summed E-state index contributed by atoms with van der Waals surface area (Å²) in [6.07, 6.45) is 7.47. The van der Waals surface area contributed by atoms with Gasteiger partial charge in [0.25, 0.3) is 0 Å². The molecule has 4 nitrogen and oxygen atoms in total. The van der Waals surface area contributed by atoms with Crippen molar-refractivity contribution in [2.45, 2.75) is 32.2 Å². The maximum Gasteiger partial charge on any atom is 0.193 e. The second kappa shape index (κ2) is 6.80. The fourth-order valence-electron chi connectivity index (χ4n) is 4.40. The molecule has 126 valence electrons. The Hall–Kier alpha value is -2.10. The summed E-state index contributed by atoms with van der Waals surface area (Å²) in [5.41, 5.74) is 2.31. The third-order valence-electron chi connectivity index (χ3n) is 5.64. The van der Waals surface area contributed by atoms with Gasteiger partial charge in [0.2, 0.25) is 0 Å². The van der Waals surface area contributed by atoms with Gasteiger partial charge in [-0.15, -0.1) is 0 Å². The molecule has 1 saturated carbocycles. The smallest absolute Gasteiger partial charge is 0.193 e. The molecule has 0 bridgehead atoms. The lowest BCUT2D eigenvalue weighted by Gasteiger charge is -2.22. The molecule has 0 spiro atoms. The number of benzene rings is 1. The van der Waals surface area contributed by atoms with Gasteiger partial charge >= 0.3 is 0 Å². The van der Waals surface area contributed by atoms with Gasteiger partial charge in [0, 0.05) is 38.3 Å². The molecule has 1 saturated heterocycles. The summed E-state index contributed by atoms with van der Waals surface area (Å²) in [6, 6.07) is 10.5. The van der Waals surface area contributed by atoms with Gasteiger partial charge < -0.3 is 10.2 Å². The zero-order valence-corrected chi connectivity index (χ0v) is 14.4. The minimum absolute atomic E-state index is 0.771. The van der Waals surface area contributed by atoms with Crippen LogP contribution >= 0.6 is 0 Å². The molecule has 1 aliphatic carbocycles. The molecule has 1 aromatic carbocycles. The summed E-state index contributed by atoms with van der Waals surface area (Å²) in [5, 5.41) is 4.76. The second-order valence-electron chi connectivity index (χ2n) is 7.10. The molecule has 2 atom stereocenters. The number of hydrogen-bond acceptors (Lipinski definition) is 2. The van der Waals surface area contributed by atoms with E-state index in [0.717, 1.165) is 42.9 Å². The zero-order chi connectivity index (χ0) is 16.4. The Bertz CT molecular complexity index is 720. The third kappa shape index (κ3) is 2.97. The fourth-order valence-corrected chi connectivity index (χ4v) is 4.40. The first-order valence-corrected chi connectivity index (χ1v) is 9.13. The van der Waals surface area contributed by atoms with Crippen LogP contribution in [-0.2, 0) is 6.54 Å². The predicted octanol–water partition coefficient (Wildman–Crippen LogP) is 3.43. The van der Waals surface area contributed by atoms with Crippen molar-refractivity contribution in [3.05, 3.63) is 42.1 Å². The number of likely N-dealkylation sites (tertiary alicyclic amines) is 1. The molecule has 2 fully saturated rings. The SMILES string of the molecule is CN=C(NCc1cccc2cccnc12)N1CC2CCCCC2C1. The molecule has 2 unspecified atom stereocenters. The predicted molar refractivity (Wildman–Crippen MR) is 99.0 cm³/mol. The highest BCUT2D eigenvalue weighted by molar-refractivity contribution is 5.83. The highest BCUT2D eigenvalue weighted by atomic mass is 15.3. The summed E-state index contributed by atoms with van der Waals surface area (Å²) in [6.45, 7) is 3.10. The summed E-state index contributed by atoms with van der Waals surface area (Å²) in [5.74, 6) is 2.78. The quantitative estimate of drug-likeness (QED) is 0.680. The summed E-state index contributed by atoms with van der Waals surface area (Å²) < 4.78 is 0. The van der Waals surface area contributed by atoms with Crippen molar-refractivity contribution in [3.8, 4) is 0 Å². The first kappa shape index (κ1) is 15.4. The molecule has 2 aliphatic rings. The highest BCUT2D eigenvalue weighted by Crippen LogP contribution is 2.35. The van der Waals surface area contributed by atoms with Crippen LogP contribution in [0.2, 0.25) is 0 Å². The van der Waals surface area contributed by atoms with Crippen LogP contribution in [0.15, 0.2) is 41.5 Å². The van der Waals surface area contributed by atoms with Gasteiger partial charge in [-0.05, 0) is 36.3 Å². The molecule has 1 N–H and O–H groups in total. The lowest BCUT2D eigenvalue weighted by molar-refractivity contribution is 0.299. The van der Waals surface area contributed by atoms with Crippen LogP contribution in [0, 0.1) is 11.8 Å². The first-order chi connectivity index (χ1) is 11.8. The number of fused-ring (bicyclic) bond motifs is 2. The van der Waals surface area contributed by atoms with Crippen LogP contribution in [0.25, 0.3) is 10.9 Å². The number of nitrogens with zero attached hydrogens (tertiary/aromatic N) is 3. The minimum Gasteiger partial charge on any atom is -0.352 e. The normalized spacial score (nSPS) is 24.2. The summed E-state index contributed by atoms with van der Waals surface area (Å²) in [7, 11) is 1.89. The molecule has 4 heteroatoms. The van der Waals surface area contributed by atoms with E-state index in [1.54, 1.807) is 0 Å². The third-order valence-corrected chi connectivity index (χ3v) is 5.64. The fraction of sp³-hybridized carbons (Fsp3) is 0.500. The molecule has 0 amide bonds. The largest absolute Gasteiger partial charge is 0.352 e. The van der Waals surface area contributed by atoms with Crippen LogP contribution < -0.4 is 5.32 Å². The monoisotopic (exact) mass is 322 g/mol. The van der Waals surface area contributed by atoms with Crippen LogP contribution in [-0.4, -0.2) is 36.0 Å². The van der Waals surface area contributed by atoms with Gasteiger partial charge in [0.05, 0.1) is 5.52 Å². The van der Waals surface area contributed by atoms with Gasteiger partial charge in [-0.3, -0.25) is 9.98 Å². The van der Waals surface area contributed by atoms with E-state index in [4.69, 9.17) is 0 Å². The number of pyridine rings is 1. The zero-order valence-electron chi connectivity index (χ0n) is 14.4. The van der Waals surface area contributed by atoms with Crippen molar-refractivity contribution >= 4 is 16.9 Å². The van der Waals surface area contributed by atoms with Crippen molar-refractivity contribution in [2.24, 2.45) is 16.8 Å². The Morgan fingerprint density at radius 1 is 1.17 bits per heavy atom. The molecule has 1 aromatic heterocycles. The van der Waals surface area contributed by atoms with Crippen molar-refractivity contribution < 1.29 is 0 Å². The van der Waals surface area contributed by atoms with E-state index in [1.807, 2.05) is 19.3 Å². The van der Waals surface area contributed by atoms with Crippen molar-refractivity contribution in [1.82, 2.24) is 15.2 Å². The number of para-hydroxylation sites is 1. The van der Waals surface area contributed by atoms with Gasteiger partial charge in [-0.25, -0.2) is 0 Å². The molecule has 4 rings (SSSR count). The Kier molecular flexibility index (Phi) is 4.37. The lowest BCUT2D eigenvalue weighted by Crippen LogP contribution is -2.39. The van der Waals surface area contributed by atoms with Crippen molar-refractivity contribution in [3.63, 3.8) is 0 Å². The molecule has 1 aliphatic heterocycles. The van der Waals surface area contributed by atoms with Crippen LogP contribution in [0.3, 0.4) is 0 Å². The molecular weight excluding hydrogens is 296 g/mol.